The Morgan fingerprint density at radius 2 is 2.15 bits per heavy atom. The maximum absolute atomic E-state index is 14.2. The predicted molar refractivity (Wildman–Crippen MR) is 97.4 cm³/mol. The van der Waals surface area contributed by atoms with Crippen LogP contribution in [0.15, 0.2) is 18.2 Å². The normalized spacial score (nSPS) is 15.4. The molecule has 1 aromatic heterocycles. The molecular weight excluding hydrogens is 333 g/mol. The Kier molecular flexibility index (Phi) is 5.66. The molecule has 26 heavy (non-hydrogen) atoms. The minimum absolute atomic E-state index is 0.0571. The molecule has 2 N–H and O–H groups in total. The fourth-order valence-electron chi connectivity index (χ4n) is 3.29. The first-order valence-corrected chi connectivity index (χ1v) is 9.15. The summed E-state index contributed by atoms with van der Waals surface area (Å²) in [6.45, 7) is 8.45. The van der Waals surface area contributed by atoms with Crippen LogP contribution in [0.3, 0.4) is 0 Å². The third-order valence-corrected chi connectivity index (χ3v) is 4.59. The Morgan fingerprint density at radius 1 is 1.35 bits per heavy atom. The fourth-order valence-corrected chi connectivity index (χ4v) is 3.29. The molecule has 3 rings (SSSR count). The van der Waals surface area contributed by atoms with Gasteiger partial charge in [0.25, 0.3) is 5.91 Å². The van der Waals surface area contributed by atoms with Gasteiger partial charge in [0.2, 0.25) is 0 Å². The number of aryl methyl sites for hydroxylation is 1. The second-order valence-corrected chi connectivity index (χ2v) is 7.26. The van der Waals surface area contributed by atoms with E-state index in [1.54, 1.807) is 13.0 Å². The average Bonchev–Trinajstić information content (AvgIpc) is 2.82. The summed E-state index contributed by atoms with van der Waals surface area (Å²) in [5.74, 6) is 1.10. The monoisotopic (exact) mass is 359 g/mol. The average molecular weight is 359 g/mol. The van der Waals surface area contributed by atoms with Crippen LogP contribution in [0.25, 0.3) is 0 Å². The number of rotatable bonds is 5. The van der Waals surface area contributed by atoms with E-state index in [2.05, 4.69) is 39.2 Å². The second-order valence-electron chi connectivity index (χ2n) is 7.26. The topological polar surface area (TPSA) is 71.8 Å². The molecule has 0 saturated carbocycles. The number of aromatic nitrogens is 3. The highest BCUT2D eigenvalue weighted by molar-refractivity contribution is 5.94. The number of amides is 1. The highest BCUT2D eigenvalue weighted by Crippen LogP contribution is 2.22. The van der Waals surface area contributed by atoms with Crippen LogP contribution >= 0.6 is 0 Å². The molecule has 1 aliphatic heterocycles. The van der Waals surface area contributed by atoms with Crippen molar-refractivity contribution in [2.75, 3.05) is 13.1 Å². The van der Waals surface area contributed by atoms with Crippen LogP contribution < -0.4 is 10.6 Å². The summed E-state index contributed by atoms with van der Waals surface area (Å²) >= 11 is 0. The van der Waals surface area contributed by atoms with Gasteiger partial charge in [0, 0.05) is 26.1 Å². The Hall–Kier alpha value is -2.28. The van der Waals surface area contributed by atoms with E-state index in [1.165, 1.54) is 12.1 Å². The first kappa shape index (κ1) is 18.5. The van der Waals surface area contributed by atoms with Crippen LogP contribution in [-0.2, 0) is 13.0 Å². The van der Waals surface area contributed by atoms with Gasteiger partial charge in [-0.1, -0.05) is 19.9 Å². The lowest BCUT2D eigenvalue weighted by molar-refractivity contribution is 0.0924. The van der Waals surface area contributed by atoms with E-state index in [0.717, 1.165) is 43.3 Å². The van der Waals surface area contributed by atoms with Crippen molar-refractivity contribution in [2.45, 2.75) is 46.2 Å². The quantitative estimate of drug-likeness (QED) is 0.860. The SMILES string of the molecule is Cc1ccc(C(=O)N[C@@H](CC(C)C)c2nnc3n2CCNCC3)c(F)c1. The molecule has 0 fully saturated rings. The van der Waals surface area contributed by atoms with Gasteiger partial charge in [0.05, 0.1) is 11.6 Å². The minimum Gasteiger partial charge on any atom is -0.342 e. The molecule has 1 aliphatic rings. The van der Waals surface area contributed by atoms with Crippen LogP contribution in [0, 0.1) is 18.7 Å². The highest BCUT2D eigenvalue weighted by atomic mass is 19.1. The minimum atomic E-state index is -0.505. The molecule has 6 nitrogen and oxygen atoms in total. The first-order valence-electron chi connectivity index (χ1n) is 9.15. The van der Waals surface area contributed by atoms with Gasteiger partial charge in [-0.15, -0.1) is 10.2 Å². The maximum Gasteiger partial charge on any atom is 0.254 e. The second kappa shape index (κ2) is 7.95. The molecule has 2 heterocycles. The zero-order valence-electron chi connectivity index (χ0n) is 15.6. The van der Waals surface area contributed by atoms with E-state index < -0.39 is 11.7 Å². The zero-order valence-corrected chi connectivity index (χ0v) is 15.6. The van der Waals surface area contributed by atoms with Gasteiger partial charge in [-0.3, -0.25) is 4.79 Å². The van der Waals surface area contributed by atoms with Gasteiger partial charge in [-0.05, 0) is 37.0 Å². The summed E-state index contributed by atoms with van der Waals surface area (Å²) in [6.07, 6.45) is 1.52. The van der Waals surface area contributed by atoms with Crippen molar-refractivity contribution in [1.29, 1.82) is 0 Å². The van der Waals surface area contributed by atoms with Crippen molar-refractivity contribution in [3.8, 4) is 0 Å². The summed E-state index contributed by atoms with van der Waals surface area (Å²) in [5.41, 5.74) is 0.842. The number of carbonyl (C=O) groups is 1. The molecule has 0 unspecified atom stereocenters. The van der Waals surface area contributed by atoms with Crippen LogP contribution in [-0.4, -0.2) is 33.8 Å². The zero-order chi connectivity index (χ0) is 18.7. The Morgan fingerprint density at radius 3 is 2.88 bits per heavy atom. The van der Waals surface area contributed by atoms with Crippen LogP contribution in [0.2, 0.25) is 0 Å². The van der Waals surface area contributed by atoms with E-state index in [9.17, 15) is 9.18 Å². The lowest BCUT2D eigenvalue weighted by Crippen LogP contribution is -2.32. The number of halogens is 1. The number of hydrogen-bond donors (Lipinski definition) is 2. The van der Waals surface area contributed by atoms with Crippen LogP contribution in [0.1, 0.15) is 53.9 Å². The van der Waals surface area contributed by atoms with E-state index in [0.29, 0.717) is 12.3 Å². The maximum atomic E-state index is 14.2. The summed E-state index contributed by atoms with van der Waals surface area (Å²) in [5, 5.41) is 15.0. The Labute approximate surface area is 153 Å². The lowest BCUT2D eigenvalue weighted by Gasteiger charge is -2.21. The van der Waals surface area contributed by atoms with Gasteiger partial charge in [-0.25, -0.2) is 4.39 Å². The molecule has 2 aromatic rings. The number of fused-ring (bicyclic) bond motifs is 1. The van der Waals surface area contributed by atoms with E-state index >= 15 is 0 Å². The van der Waals surface area contributed by atoms with Gasteiger partial charge in [-0.2, -0.15) is 0 Å². The van der Waals surface area contributed by atoms with Crippen molar-refractivity contribution in [2.24, 2.45) is 5.92 Å². The molecule has 1 atom stereocenters. The van der Waals surface area contributed by atoms with E-state index in [4.69, 9.17) is 0 Å². The van der Waals surface area contributed by atoms with Gasteiger partial charge in [0.15, 0.2) is 5.82 Å². The fraction of sp³-hybridized carbons (Fsp3) is 0.526. The summed E-state index contributed by atoms with van der Waals surface area (Å²) in [6, 6.07) is 4.34. The van der Waals surface area contributed by atoms with E-state index in [1.807, 2.05) is 0 Å². The summed E-state index contributed by atoms with van der Waals surface area (Å²) in [7, 11) is 0. The van der Waals surface area contributed by atoms with Crippen molar-refractivity contribution >= 4 is 5.91 Å². The smallest absolute Gasteiger partial charge is 0.254 e. The van der Waals surface area contributed by atoms with E-state index in [-0.39, 0.29) is 11.6 Å². The molecule has 0 radical (unpaired) electrons. The third-order valence-electron chi connectivity index (χ3n) is 4.59. The molecule has 140 valence electrons. The van der Waals surface area contributed by atoms with Crippen LogP contribution in [0.5, 0.6) is 0 Å². The molecule has 1 amide bonds. The summed E-state index contributed by atoms with van der Waals surface area (Å²) in [4.78, 5) is 12.7. The van der Waals surface area contributed by atoms with Crippen LogP contribution in [0.4, 0.5) is 4.39 Å². The molecule has 0 saturated heterocycles. The van der Waals surface area contributed by atoms with Gasteiger partial charge in [0.1, 0.15) is 11.6 Å². The van der Waals surface area contributed by atoms with Gasteiger partial charge < -0.3 is 15.2 Å². The third kappa shape index (κ3) is 4.09. The van der Waals surface area contributed by atoms with Crippen molar-refractivity contribution < 1.29 is 9.18 Å². The molecule has 0 spiro atoms. The van der Waals surface area contributed by atoms with Gasteiger partial charge >= 0.3 is 0 Å². The van der Waals surface area contributed by atoms with Crippen molar-refractivity contribution in [1.82, 2.24) is 25.4 Å². The lowest BCUT2D eigenvalue weighted by atomic mass is 10.0. The Bertz CT molecular complexity index is 786. The molecular formula is C19H26FN5O. The number of benzene rings is 1. The molecule has 7 heteroatoms. The Balaban J connectivity index is 1.87. The standard InChI is InChI=1S/C19H26FN5O/c1-12(2)10-16(18-24-23-17-6-7-21-8-9-25(17)18)22-19(26)14-5-4-13(3)11-15(14)20/h4-5,11-12,16,21H,6-10H2,1-3H3,(H,22,26)/t16-/m0/s1. The number of carbonyl (C=O) groups excluding carboxylic acids is 1. The van der Waals surface area contributed by atoms with Crippen molar-refractivity contribution in [3.63, 3.8) is 0 Å². The molecule has 0 aliphatic carbocycles. The largest absolute Gasteiger partial charge is 0.342 e. The first-order chi connectivity index (χ1) is 12.5. The molecule has 0 bridgehead atoms. The molecule has 1 aromatic carbocycles. The highest BCUT2D eigenvalue weighted by Gasteiger charge is 2.25. The number of nitrogens with one attached hydrogen (secondary N) is 2. The number of nitrogens with zero attached hydrogens (tertiary/aromatic N) is 3. The number of hydrogen-bond acceptors (Lipinski definition) is 4. The van der Waals surface area contributed by atoms with Crippen molar-refractivity contribution in [3.05, 3.63) is 46.8 Å². The predicted octanol–water partition coefficient (Wildman–Crippen LogP) is 2.39. The summed E-state index contributed by atoms with van der Waals surface area (Å²) < 4.78 is 16.3.